The number of pyridine rings is 1. The third-order valence-electron chi connectivity index (χ3n) is 1.45. The number of carboxylic acids is 1. The van der Waals surface area contributed by atoms with Crippen molar-refractivity contribution in [3.05, 3.63) is 23.9 Å². The van der Waals surface area contributed by atoms with Gasteiger partial charge >= 0.3 is 5.97 Å². The fraction of sp³-hybridized carbons (Fsp3) is 0.125. The maximum absolute atomic E-state index is 10.5. The maximum atomic E-state index is 10.5. The number of anilines is 1. The first-order chi connectivity index (χ1) is 6.59. The van der Waals surface area contributed by atoms with E-state index in [1.807, 2.05) is 0 Å². The Morgan fingerprint density at radius 1 is 1.57 bits per heavy atom. The first kappa shape index (κ1) is 9.97. The summed E-state index contributed by atoms with van der Waals surface area (Å²) in [6, 6.07) is 2.68. The summed E-state index contributed by atoms with van der Waals surface area (Å²) in [5.74, 6) is -1.27. The molecule has 4 N–H and O–H groups in total. The van der Waals surface area contributed by atoms with Crippen molar-refractivity contribution in [3.8, 4) is 0 Å². The van der Waals surface area contributed by atoms with E-state index in [2.05, 4.69) is 10.3 Å². The van der Waals surface area contributed by atoms with Crippen LogP contribution in [0.15, 0.2) is 18.3 Å². The second-order valence-corrected chi connectivity index (χ2v) is 2.55. The molecule has 6 heteroatoms. The number of rotatable bonds is 4. The van der Waals surface area contributed by atoms with Crippen LogP contribution >= 0.6 is 0 Å². The van der Waals surface area contributed by atoms with Gasteiger partial charge in [0.25, 0.3) is 0 Å². The molecule has 0 unspecified atom stereocenters. The number of carbonyl (C=O) groups excluding carboxylic acids is 1. The van der Waals surface area contributed by atoms with Crippen molar-refractivity contribution in [2.24, 2.45) is 5.73 Å². The molecular formula is C8H9N3O3. The minimum atomic E-state index is -1.05. The first-order valence-electron chi connectivity index (χ1n) is 3.81. The molecule has 6 nitrogen and oxygen atoms in total. The molecule has 0 radical (unpaired) electrons. The molecule has 1 aromatic rings. The molecule has 1 amide bonds. The lowest BCUT2D eigenvalue weighted by molar-refractivity contribution is -0.116. The number of primary amides is 1. The number of carboxylic acid groups (broad SMARTS) is 1. The van der Waals surface area contributed by atoms with Crippen LogP contribution in [0.3, 0.4) is 0 Å². The molecule has 0 saturated carbocycles. The Labute approximate surface area is 79.8 Å². The second-order valence-electron chi connectivity index (χ2n) is 2.55. The van der Waals surface area contributed by atoms with Crippen molar-refractivity contribution >= 4 is 17.7 Å². The minimum Gasteiger partial charge on any atom is -0.478 e. The van der Waals surface area contributed by atoms with Crippen LogP contribution in [0.1, 0.15) is 10.4 Å². The lowest BCUT2D eigenvalue weighted by atomic mass is 10.2. The summed E-state index contributed by atoms with van der Waals surface area (Å²) in [7, 11) is 0. The van der Waals surface area contributed by atoms with Gasteiger partial charge in [0.2, 0.25) is 5.91 Å². The van der Waals surface area contributed by atoms with Crippen LogP contribution in [0.5, 0.6) is 0 Å². The van der Waals surface area contributed by atoms with E-state index in [1.165, 1.54) is 18.3 Å². The van der Waals surface area contributed by atoms with Crippen LogP contribution in [0, 0.1) is 0 Å². The SMILES string of the molecule is NC(=O)CNc1cc(C(=O)O)ccn1. The van der Waals surface area contributed by atoms with Crippen molar-refractivity contribution in [2.75, 3.05) is 11.9 Å². The number of amides is 1. The molecule has 1 heterocycles. The van der Waals surface area contributed by atoms with Gasteiger partial charge in [0.05, 0.1) is 12.1 Å². The molecule has 0 aliphatic rings. The third kappa shape index (κ3) is 2.74. The van der Waals surface area contributed by atoms with Crippen LogP contribution < -0.4 is 11.1 Å². The minimum absolute atomic E-state index is 0.0733. The number of nitrogens with one attached hydrogen (secondary N) is 1. The second kappa shape index (κ2) is 4.22. The molecule has 1 aromatic heterocycles. The summed E-state index contributed by atoms with van der Waals surface area (Å²) in [5.41, 5.74) is 5.00. The zero-order valence-electron chi connectivity index (χ0n) is 7.23. The van der Waals surface area contributed by atoms with E-state index in [4.69, 9.17) is 10.8 Å². The molecule has 74 valence electrons. The summed E-state index contributed by atoms with van der Waals surface area (Å²) in [4.78, 5) is 24.8. The van der Waals surface area contributed by atoms with Gasteiger partial charge in [0.15, 0.2) is 0 Å². The molecule has 14 heavy (non-hydrogen) atoms. The molecule has 0 bridgehead atoms. The van der Waals surface area contributed by atoms with Gasteiger partial charge < -0.3 is 16.2 Å². The Hall–Kier alpha value is -2.11. The van der Waals surface area contributed by atoms with E-state index in [0.717, 1.165) is 0 Å². The highest BCUT2D eigenvalue weighted by Gasteiger charge is 2.03. The van der Waals surface area contributed by atoms with E-state index in [-0.39, 0.29) is 12.1 Å². The third-order valence-corrected chi connectivity index (χ3v) is 1.45. The van der Waals surface area contributed by atoms with Crippen molar-refractivity contribution in [1.82, 2.24) is 4.98 Å². The Morgan fingerprint density at radius 2 is 2.29 bits per heavy atom. The average Bonchev–Trinajstić information content (AvgIpc) is 2.15. The highest BCUT2D eigenvalue weighted by atomic mass is 16.4. The van der Waals surface area contributed by atoms with Gasteiger partial charge in [-0.2, -0.15) is 0 Å². The summed E-state index contributed by atoms with van der Waals surface area (Å²) in [5, 5.41) is 11.2. The largest absolute Gasteiger partial charge is 0.478 e. The van der Waals surface area contributed by atoms with Crippen molar-refractivity contribution in [1.29, 1.82) is 0 Å². The predicted molar refractivity (Wildman–Crippen MR) is 48.9 cm³/mol. The molecule has 0 spiro atoms. The number of aromatic carboxylic acids is 1. The normalized spacial score (nSPS) is 9.43. The van der Waals surface area contributed by atoms with Gasteiger partial charge in [-0.3, -0.25) is 4.79 Å². The Kier molecular flexibility index (Phi) is 3.01. The Morgan fingerprint density at radius 3 is 2.86 bits per heavy atom. The monoisotopic (exact) mass is 195 g/mol. The quantitative estimate of drug-likeness (QED) is 0.610. The number of hydrogen-bond donors (Lipinski definition) is 3. The fourth-order valence-electron chi connectivity index (χ4n) is 0.838. The van der Waals surface area contributed by atoms with Crippen LogP contribution in [0.2, 0.25) is 0 Å². The Balaban J connectivity index is 2.73. The van der Waals surface area contributed by atoms with Crippen LogP contribution in [-0.2, 0) is 4.79 Å². The van der Waals surface area contributed by atoms with Gasteiger partial charge in [0, 0.05) is 6.20 Å². The topological polar surface area (TPSA) is 105 Å². The number of nitrogens with two attached hydrogens (primary N) is 1. The fourth-order valence-corrected chi connectivity index (χ4v) is 0.838. The smallest absolute Gasteiger partial charge is 0.335 e. The number of nitrogens with zero attached hydrogens (tertiary/aromatic N) is 1. The summed E-state index contributed by atoms with van der Waals surface area (Å²) in [6.45, 7) is -0.0733. The molecule has 0 aromatic carbocycles. The van der Waals surface area contributed by atoms with E-state index < -0.39 is 11.9 Å². The van der Waals surface area contributed by atoms with E-state index in [9.17, 15) is 9.59 Å². The van der Waals surface area contributed by atoms with Gasteiger partial charge in [-0.15, -0.1) is 0 Å². The summed E-state index contributed by atoms with van der Waals surface area (Å²) in [6.07, 6.45) is 1.34. The van der Waals surface area contributed by atoms with E-state index in [1.54, 1.807) is 0 Å². The molecule has 0 aliphatic heterocycles. The van der Waals surface area contributed by atoms with Gasteiger partial charge in [-0.05, 0) is 12.1 Å². The lowest BCUT2D eigenvalue weighted by Crippen LogP contribution is -2.22. The van der Waals surface area contributed by atoms with Gasteiger partial charge in [-0.25, -0.2) is 9.78 Å². The predicted octanol–water partition coefficient (Wildman–Crippen LogP) is -0.323. The van der Waals surface area contributed by atoms with Crippen molar-refractivity contribution in [3.63, 3.8) is 0 Å². The first-order valence-corrected chi connectivity index (χ1v) is 3.81. The molecular weight excluding hydrogens is 186 g/mol. The lowest BCUT2D eigenvalue weighted by Gasteiger charge is -2.02. The van der Waals surface area contributed by atoms with E-state index in [0.29, 0.717) is 5.82 Å². The van der Waals surface area contributed by atoms with E-state index >= 15 is 0 Å². The molecule has 0 fully saturated rings. The summed E-state index contributed by atoms with van der Waals surface area (Å²) >= 11 is 0. The van der Waals surface area contributed by atoms with Crippen LogP contribution in [-0.4, -0.2) is 28.5 Å². The molecule has 0 aliphatic carbocycles. The molecule has 0 saturated heterocycles. The zero-order chi connectivity index (χ0) is 10.6. The van der Waals surface area contributed by atoms with Crippen LogP contribution in [0.4, 0.5) is 5.82 Å². The zero-order valence-corrected chi connectivity index (χ0v) is 7.23. The van der Waals surface area contributed by atoms with Crippen molar-refractivity contribution in [2.45, 2.75) is 0 Å². The molecule has 1 rings (SSSR count). The van der Waals surface area contributed by atoms with Gasteiger partial charge in [0.1, 0.15) is 5.82 Å². The summed E-state index contributed by atoms with van der Waals surface area (Å²) < 4.78 is 0. The van der Waals surface area contributed by atoms with Crippen molar-refractivity contribution < 1.29 is 14.7 Å². The highest BCUT2D eigenvalue weighted by Crippen LogP contribution is 2.05. The highest BCUT2D eigenvalue weighted by molar-refractivity contribution is 5.88. The molecule has 0 atom stereocenters. The standard InChI is InChI=1S/C8H9N3O3/c9-6(12)4-11-7-3-5(8(13)14)1-2-10-7/h1-3H,4H2,(H2,9,12)(H,10,11)(H,13,14). The number of carbonyl (C=O) groups is 2. The number of aromatic nitrogens is 1. The van der Waals surface area contributed by atoms with Crippen LogP contribution in [0.25, 0.3) is 0 Å². The average molecular weight is 195 g/mol. The number of hydrogen-bond acceptors (Lipinski definition) is 4. The van der Waals surface area contributed by atoms with Gasteiger partial charge in [-0.1, -0.05) is 0 Å². The maximum Gasteiger partial charge on any atom is 0.335 e. The Bertz CT molecular complexity index is 365.